The number of amides is 1. The maximum absolute atomic E-state index is 12.5. The van der Waals surface area contributed by atoms with Gasteiger partial charge in [0.1, 0.15) is 5.75 Å². The lowest BCUT2D eigenvalue weighted by Crippen LogP contribution is -2.20. The van der Waals surface area contributed by atoms with Crippen molar-refractivity contribution in [3.05, 3.63) is 71.8 Å². The summed E-state index contributed by atoms with van der Waals surface area (Å²) in [5, 5.41) is 3.23. The molecule has 0 heterocycles. The molecule has 1 N–H and O–H groups in total. The molecule has 6 nitrogen and oxygen atoms in total. The minimum absolute atomic E-state index is 0.256. The molecule has 0 atom stereocenters. The summed E-state index contributed by atoms with van der Waals surface area (Å²) in [5.74, 6) is 1.99. The van der Waals surface area contributed by atoms with E-state index in [9.17, 15) is 4.79 Å². The van der Waals surface area contributed by atoms with Crippen LogP contribution in [0.1, 0.15) is 0 Å². The van der Waals surface area contributed by atoms with Crippen LogP contribution in [0, 0.1) is 0 Å². The number of carbonyl (C=O) groups excluding carboxylic acids is 1. The molecule has 0 saturated heterocycles. The van der Waals surface area contributed by atoms with Gasteiger partial charge in [0.25, 0.3) is 5.91 Å². The van der Waals surface area contributed by atoms with Crippen molar-refractivity contribution in [3.8, 4) is 28.7 Å². The fourth-order valence-electron chi connectivity index (χ4n) is 2.59. The van der Waals surface area contributed by atoms with Gasteiger partial charge in [-0.3, -0.25) is 4.79 Å². The van der Waals surface area contributed by atoms with Gasteiger partial charge in [0.05, 0.1) is 19.9 Å². The van der Waals surface area contributed by atoms with Crippen LogP contribution >= 0.6 is 11.6 Å². The first kappa shape index (κ1) is 20.4. The first-order chi connectivity index (χ1) is 14.1. The smallest absolute Gasteiger partial charge is 0.262 e. The van der Waals surface area contributed by atoms with E-state index >= 15 is 0 Å². The van der Waals surface area contributed by atoms with Crippen molar-refractivity contribution in [3.63, 3.8) is 0 Å². The van der Waals surface area contributed by atoms with Crippen LogP contribution in [0.25, 0.3) is 0 Å². The van der Waals surface area contributed by atoms with Gasteiger partial charge in [0, 0.05) is 5.02 Å². The maximum Gasteiger partial charge on any atom is 0.262 e. The fraction of sp³-hybridized carbons (Fsp3) is 0.136. The summed E-state index contributed by atoms with van der Waals surface area (Å²) in [5.41, 5.74) is 0.432. The Balaban J connectivity index is 1.72. The van der Waals surface area contributed by atoms with Gasteiger partial charge in [-0.25, -0.2) is 0 Å². The van der Waals surface area contributed by atoms with E-state index in [2.05, 4.69) is 5.32 Å². The van der Waals surface area contributed by atoms with Crippen LogP contribution in [0.3, 0.4) is 0 Å². The molecule has 0 saturated carbocycles. The van der Waals surface area contributed by atoms with E-state index in [0.717, 1.165) is 0 Å². The SMILES string of the molecule is COc1cccc(OC)c1OCC(=O)Nc1cc(Cl)ccc1Oc1ccccc1. The summed E-state index contributed by atoms with van der Waals surface area (Å²) in [6.07, 6.45) is 0. The molecule has 7 heteroatoms. The summed E-state index contributed by atoms with van der Waals surface area (Å²) < 4.78 is 22.0. The highest BCUT2D eigenvalue weighted by atomic mass is 35.5. The zero-order valence-corrected chi connectivity index (χ0v) is 16.7. The van der Waals surface area contributed by atoms with Crippen LogP contribution in [0.4, 0.5) is 5.69 Å². The number of hydrogen-bond acceptors (Lipinski definition) is 5. The number of nitrogens with one attached hydrogen (secondary N) is 1. The Morgan fingerprint density at radius 3 is 2.24 bits per heavy atom. The number of benzene rings is 3. The van der Waals surface area contributed by atoms with Gasteiger partial charge in [-0.1, -0.05) is 35.9 Å². The van der Waals surface area contributed by atoms with Gasteiger partial charge in [-0.05, 0) is 42.5 Å². The molecule has 0 bridgehead atoms. The van der Waals surface area contributed by atoms with Crippen molar-refractivity contribution in [2.75, 3.05) is 26.1 Å². The molecular formula is C22H20ClNO5. The lowest BCUT2D eigenvalue weighted by molar-refractivity contribution is -0.118. The van der Waals surface area contributed by atoms with Crippen LogP contribution in [-0.2, 0) is 4.79 Å². The molecule has 0 aliphatic heterocycles. The number of para-hydroxylation sites is 2. The molecule has 3 rings (SSSR count). The summed E-state index contributed by atoms with van der Waals surface area (Å²) in [6, 6.07) is 19.4. The molecule has 150 valence electrons. The minimum Gasteiger partial charge on any atom is -0.493 e. The normalized spacial score (nSPS) is 10.2. The van der Waals surface area contributed by atoms with E-state index in [0.29, 0.717) is 39.5 Å². The second-order valence-electron chi connectivity index (χ2n) is 5.88. The van der Waals surface area contributed by atoms with Crippen LogP contribution in [0.5, 0.6) is 28.7 Å². The number of rotatable bonds is 8. The monoisotopic (exact) mass is 413 g/mol. The maximum atomic E-state index is 12.5. The molecule has 3 aromatic carbocycles. The number of hydrogen-bond donors (Lipinski definition) is 1. The van der Waals surface area contributed by atoms with Gasteiger partial charge in [0.15, 0.2) is 23.9 Å². The Kier molecular flexibility index (Phi) is 6.81. The number of methoxy groups -OCH3 is 2. The predicted molar refractivity (Wildman–Crippen MR) is 112 cm³/mol. The fourth-order valence-corrected chi connectivity index (χ4v) is 2.76. The van der Waals surface area contributed by atoms with Gasteiger partial charge < -0.3 is 24.3 Å². The highest BCUT2D eigenvalue weighted by Crippen LogP contribution is 2.37. The van der Waals surface area contributed by atoms with Crippen LogP contribution in [0.15, 0.2) is 66.7 Å². The summed E-state index contributed by atoms with van der Waals surface area (Å²) in [7, 11) is 3.03. The average molecular weight is 414 g/mol. The van der Waals surface area contributed by atoms with Gasteiger partial charge in [-0.2, -0.15) is 0 Å². The third-order valence-electron chi connectivity index (χ3n) is 3.92. The highest BCUT2D eigenvalue weighted by Gasteiger charge is 2.15. The molecule has 3 aromatic rings. The van der Waals surface area contributed by atoms with E-state index < -0.39 is 5.91 Å². The molecule has 0 aliphatic rings. The standard InChI is InChI=1S/C22H20ClNO5/c1-26-19-9-6-10-20(27-2)22(19)28-14-21(25)24-17-13-15(23)11-12-18(17)29-16-7-4-3-5-8-16/h3-13H,14H2,1-2H3,(H,24,25). The molecule has 0 fully saturated rings. The average Bonchev–Trinajstić information content (AvgIpc) is 2.74. The largest absolute Gasteiger partial charge is 0.493 e. The zero-order chi connectivity index (χ0) is 20.6. The Bertz CT molecular complexity index is 956. The number of anilines is 1. The molecular weight excluding hydrogens is 394 g/mol. The van der Waals surface area contributed by atoms with Crippen molar-refractivity contribution >= 4 is 23.2 Å². The zero-order valence-electron chi connectivity index (χ0n) is 16.0. The predicted octanol–water partition coefficient (Wildman–Crippen LogP) is 5.17. The molecule has 29 heavy (non-hydrogen) atoms. The van der Waals surface area contributed by atoms with Gasteiger partial charge >= 0.3 is 0 Å². The Hall–Kier alpha value is -3.38. The topological polar surface area (TPSA) is 66.0 Å². The van der Waals surface area contributed by atoms with Gasteiger partial charge in [0.2, 0.25) is 5.75 Å². The molecule has 0 aromatic heterocycles. The Morgan fingerprint density at radius 1 is 0.897 bits per heavy atom. The van der Waals surface area contributed by atoms with Crippen LogP contribution < -0.4 is 24.3 Å². The quantitative estimate of drug-likeness (QED) is 0.552. The third-order valence-corrected chi connectivity index (χ3v) is 4.15. The minimum atomic E-state index is -0.391. The van der Waals surface area contributed by atoms with E-state index in [1.807, 2.05) is 30.3 Å². The molecule has 0 radical (unpaired) electrons. The van der Waals surface area contributed by atoms with Crippen LogP contribution in [-0.4, -0.2) is 26.7 Å². The van der Waals surface area contributed by atoms with E-state index in [1.54, 1.807) is 36.4 Å². The third kappa shape index (κ3) is 5.33. The number of ether oxygens (including phenoxy) is 4. The molecule has 0 unspecified atom stereocenters. The van der Waals surface area contributed by atoms with Crippen molar-refractivity contribution in [2.24, 2.45) is 0 Å². The molecule has 0 spiro atoms. The first-order valence-electron chi connectivity index (χ1n) is 8.77. The summed E-state index contributed by atoms with van der Waals surface area (Å²) in [6.45, 7) is -0.256. The lowest BCUT2D eigenvalue weighted by atomic mass is 10.2. The summed E-state index contributed by atoms with van der Waals surface area (Å²) in [4.78, 5) is 12.5. The Labute approximate surface area is 173 Å². The van der Waals surface area contributed by atoms with Crippen molar-refractivity contribution < 1.29 is 23.7 Å². The van der Waals surface area contributed by atoms with Gasteiger partial charge in [-0.15, -0.1) is 0 Å². The number of halogens is 1. The van der Waals surface area contributed by atoms with Crippen molar-refractivity contribution in [1.29, 1.82) is 0 Å². The van der Waals surface area contributed by atoms with E-state index in [-0.39, 0.29) is 6.61 Å². The second kappa shape index (κ2) is 9.71. The van der Waals surface area contributed by atoms with Crippen molar-refractivity contribution in [1.82, 2.24) is 0 Å². The van der Waals surface area contributed by atoms with E-state index in [4.69, 9.17) is 30.5 Å². The van der Waals surface area contributed by atoms with Crippen molar-refractivity contribution in [2.45, 2.75) is 0 Å². The Morgan fingerprint density at radius 2 is 1.59 bits per heavy atom. The van der Waals surface area contributed by atoms with Crippen LogP contribution in [0.2, 0.25) is 5.02 Å². The first-order valence-corrected chi connectivity index (χ1v) is 9.14. The highest BCUT2D eigenvalue weighted by molar-refractivity contribution is 6.31. The number of carbonyl (C=O) groups is 1. The summed E-state index contributed by atoms with van der Waals surface area (Å²) >= 11 is 6.08. The second-order valence-corrected chi connectivity index (χ2v) is 6.32. The van der Waals surface area contributed by atoms with E-state index in [1.165, 1.54) is 14.2 Å². The molecule has 1 amide bonds. The molecule has 0 aliphatic carbocycles. The lowest BCUT2D eigenvalue weighted by Gasteiger charge is -2.15.